The Morgan fingerprint density at radius 2 is 1.69 bits per heavy atom. The quantitative estimate of drug-likeness (QED) is 0.649. The third-order valence-corrected chi connectivity index (χ3v) is 5.33. The molecule has 4 rings (SSSR count). The Morgan fingerprint density at radius 3 is 2.46 bits per heavy atom. The molecule has 3 aromatic carbocycles. The third kappa shape index (κ3) is 2.99. The molecular formula is C23H23NO2. The summed E-state index contributed by atoms with van der Waals surface area (Å²) in [6, 6.07) is 22.1. The van der Waals surface area contributed by atoms with Crippen LogP contribution in [0.3, 0.4) is 0 Å². The third-order valence-electron chi connectivity index (χ3n) is 5.33. The lowest BCUT2D eigenvalue weighted by Crippen LogP contribution is -2.39. The highest BCUT2D eigenvalue weighted by atomic mass is 16.5. The average Bonchev–Trinajstić information content (AvgIpc) is 2.68. The minimum absolute atomic E-state index is 0.177. The fraction of sp³-hybridized carbons (Fsp3) is 0.261. The summed E-state index contributed by atoms with van der Waals surface area (Å²) in [6.07, 6.45) is 1.71. The number of hydrogen-bond acceptors (Lipinski definition) is 3. The maximum atomic E-state index is 12.7. The van der Waals surface area contributed by atoms with Crippen LogP contribution < -0.4 is 0 Å². The van der Waals surface area contributed by atoms with Gasteiger partial charge in [0.25, 0.3) is 0 Å². The normalized spacial score (nSPS) is 19.3. The van der Waals surface area contributed by atoms with E-state index in [0.717, 1.165) is 18.4 Å². The molecule has 0 radical (unpaired) electrons. The number of hydrogen-bond donors (Lipinski definition) is 0. The summed E-state index contributed by atoms with van der Waals surface area (Å²) in [5.41, 5.74) is 3.04. The second-order valence-electron chi connectivity index (χ2n) is 7.12. The van der Waals surface area contributed by atoms with Gasteiger partial charge in [-0.2, -0.15) is 0 Å². The van der Waals surface area contributed by atoms with Gasteiger partial charge in [0.15, 0.2) is 0 Å². The molecule has 0 heterocycles. The Balaban J connectivity index is 1.75. The smallest absolute Gasteiger partial charge is 0.338 e. The van der Waals surface area contributed by atoms with Crippen molar-refractivity contribution in [1.82, 2.24) is 4.90 Å². The van der Waals surface area contributed by atoms with E-state index in [2.05, 4.69) is 55.4 Å². The Labute approximate surface area is 154 Å². The number of aryl methyl sites for hydroxylation is 1. The van der Waals surface area contributed by atoms with E-state index in [-0.39, 0.29) is 18.1 Å². The predicted molar refractivity (Wildman–Crippen MR) is 104 cm³/mol. The van der Waals surface area contributed by atoms with Crippen LogP contribution in [0.25, 0.3) is 10.8 Å². The molecule has 0 amide bonds. The van der Waals surface area contributed by atoms with Gasteiger partial charge in [0.05, 0.1) is 11.6 Å². The fourth-order valence-corrected chi connectivity index (χ4v) is 3.98. The minimum Gasteiger partial charge on any atom is -0.452 e. The van der Waals surface area contributed by atoms with E-state index >= 15 is 0 Å². The molecule has 2 atom stereocenters. The molecular weight excluding hydrogens is 322 g/mol. The molecule has 0 aromatic heterocycles. The first-order chi connectivity index (χ1) is 12.6. The van der Waals surface area contributed by atoms with Gasteiger partial charge in [-0.05, 0) is 61.0 Å². The van der Waals surface area contributed by atoms with Crippen LogP contribution in [0.5, 0.6) is 0 Å². The average molecular weight is 345 g/mol. The second kappa shape index (κ2) is 6.93. The number of ether oxygens (including phenoxy) is 1. The van der Waals surface area contributed by atoms with E-state index in [4.69, 9.17) is 4.74 Å². The van der Waals surface area contributed by atoms with Gasteiger partial charge in [-0.15, -0.1) is 0 Å². The Morgan fingerprint density at radius 1 is 0.962 bits per heavy atom. The topological polar surface area (TPSA) is 29.5 Å². The molecule has 0 fully saturated rings. The van der Waals surface area contributed by atoms with Crippen LogP contribution in [0.4, 0.5) is 0 Å². The van der Waals surface area contributed by atoms with Crippen LogP contribution in [0.1, 0.15) is 34.0 Å². The van der Waals surface area contributed by atoms with Crippen LogP contribution in [-0.4, -0.2) is 31.0 Å². The Kier molecular flexibility index (Phi) is 4.48. The predicted octanol–water partition coefficient (Wildman–Crippen LogP) is 4.61. The fourth-order valence-electron chi connectivity index (χ4n) is 3.98. The zero-order chi connectivity index (χ0) is 18.1. The SMILES string of the molecule is CN(C)[C@@H]1CCc2c(ccc3ccccc23)[C@H]1OC(=O)c1ccccc1. The van der Waals surface area contributed by atoms with E-state index < -0.39 is 0 Å². The number of benzene rings is 3. The van der Waals surface area contributed by atoms with Gasteiger partial charge < -0.3 is 9.64 Å². The van der Waals surface area contributed by atoms with Crippen molar-refractivity contribution in [3.8, 4) is 0 Å². The van der Waals surface area contributed by atoms with Gasteiger partial charge in [0.2, 0.25) is 0 Å². The molecule has 3 nitrogen and oxygen atoms in total. The van der Waals surface area contributed by atoms with Crippen molar-refractivity contribution < 1.29 is 9.53 Å². The summed E-state index contributed by atoms with van der Waals surface area (Å²) in [6.45, 7) is 0. The molecule has 3 aromatic rings. The van der Waals surface area contributed by atoms with Crippen molar-refractivity contribution in [1.29, 1.82) is 0 Å². The first-order valence-electron chi connectivity index (χ1n) is 9.08. The Bertz CT molecular complexity index is 933. The first-order valence-corrected chi connectivity index (χ1v) is 9.08. The highest BCUT2D eigenvalue weighted by molar-refractivity contribution is 5.90. The second-order valence-corrected chi connectivity index (χ2v) is 7.12. The van der Waals surface area contributed by atoms with Gasteiger partial charge in [0, 0.05) is 0 Å². The number of carbonyl (C=O) groups excluding carboxylic acids is 1. The molecule has 26 heavy (non-hydrogen) atoms. The van der Waals surface area contributed by atoms with Gasteiger partial charge >= 0.3 is 5.97 Å². The van der Waals surface area contributed by atoms with Crippen molar-refractivity contribution in [2.75, 3.05) is 14.1 Å². The number of likely N-dealkylation sites (N-methyl/N-ethyl adjacent to an activating group) is 1. The highest BCUT2D eigenvalue weighted by Gasteiger charge is 2.34. The molecule has 0 spiro atoms. The molecule has 0 N–H and O–H groups in total. The van der Waals surface area contributed by atoms with Crippen LogP contribution in [0, 0.1) is 0 Å². The maximum Gasteiger partial charge on any atom is 0.338 e. The maximum absolute atomic E-state index is 12.7. The summed E-state index contributed by atoms with van der Waals surface area (Å²) in [5.74, 6) is -0.261. The van der Waals surface area contributed by atoms with E-state index in [1.165, 1.54) is 16.3 Å². The molecule has 1 aliphatic rings. The lowest BCUT2D eigenvalue weighted by Gasteiger charge is -2.37. The monoisotopic (exact) mass is 345 g/mol. The van der Waals surface area contributed by atoms with Crippen molar-refractivity contribution in [3.63, 3.8) is 0 Å². The summed E-state index contributed by atoms with van der Waals surface area (Å²) >= 11 is 0. The van der Waals surface area contributed by atoms with E-state index in [1.807, 2.05) is 18.2 Å². The van der Waals surface area contributed by atoms with Crippen molar-refractivity contribution in [3.05, 3.63) is 83.4 Å². The highest BCUT2D eigenvalue weighted by Crippen LogP contribution is 2.38. The lowest BCUT2D eigenvalue weighted by atomic mass is 9.82. The lowest BCUT2D eigenvalue weighted by molar-refractivity contribution is 0.000742. The molecule has 3 heteroatoms. The molecule has 132 valence electrons. The van der Waals surface area contributed by atoms with Crippen LogP contribution in [-0.2, 0) is 11.2 Å². The minimum atomic E-state index is -0.261. The van der Waals surface area contributed by atoms with Gasteiger partial charge in [-0.1, -0.05) is 54.6 Å². The zero-order valence-electron chi connectivity index (χ0n) is 15.2. The van der Waals surface area contributed by atoms with Crippen molar-refractivity contribution >= 4 is 16.7 Å². The van der Waals surface area contributed by atoms with Gasteiger partial charge in [0.1, 0.15) is 6.10 Å². The zero-order valence-corrected chi connectivity index (χ0v) is 15.2. The summed E-state index contributed by atoms with van der Waals surface area (Å²) in [7, 11) is 4.11. The standard InChI is InChI=1S/C23H23NO2/c1-24(2)21-15-14-19-18-11-7-6-8-16(18)12-13-20(19)22(21)26-23(25)17-9-4-3-5-10-17/h3-13,21-22H,14-15H2,1-2H3/t21-,22-/m1/s1. The number of rotatable bonds is 3. The Hall–Kier alpha value is -2.65. The number of esters is 1. The molecule has 0 saturated carbocycles. The van der Waals surface area contributed by atoms with E-state index in [1.54, 1.807) is 12.1 Å². The molecule has 0 saturated heterocycles. The first kappa shape index (κ1) is 16.8. The van der Waals surface area contributed by atoms with E-state index in [0.29, 0.717) is 5.56 Å². The number of carbonyl (C=O) groups is 1. The summed E-state index contributed by atoms with van der Waals surface area (Å²) in [4.78, 5) is 14.9. The van der Waals surface area contributed by atoms with Crippen LogP contribution in [0.15, 0.2) is 66.7 Å². The molecule has 0 aliphatic heterocycles. The van der Waals surface area contributed by atoms with E-state index in [9.17, 15) is 4.79 Å². The van der Waals surface area contributed by atoms with Crippen molar-refractivity contribution in [2.45, 2.75) is 25.0 Å². The summed E-state index contributed by atoms with van der Waals surface area (Å²) in [5, 5.41) is 2.51. The molecule has 0 unspecified atom stereocenters. The summed E-state index contributed by atoms with van der Waals surface area (Å²) < 4.78 is 6.05. The molecule has 1 aliphatic carbocycles. The van der Waals surface area contributed by atoms with Crippen LogP contribution in [0.2, 0.25) is 0 Å². The van der Waals surface area contributed by atoms with Crippen molar-refractivity contribution in [2.24, 2.45) is 0 Å². The molecule has 0 bridgehead atoms. The van der Waals surface area contributed by atoms with Gasteiger partial charge in [-0.3, -0.25) is 0 Å². The number of fused-ring (bicyclic) bond motifs is 3. The largest absolute Gasteiger partial charge is 0.452 e. The van der Waals surface area contributed by atoms with Gasteiger partial charge in [-0.25, -0.2) is 4.79 Å². The van der Waals surface area contributed by atoms with Crippen LogP contribution >= 0.6 is 0 Å². The number of nitrogens with zero attached hydrogens (tertiary/aromatic N) is 1.